The lowest BCUT2D eigenvalue weighted by Gasteiger charge is -2.09. The zero-order valence-electron chi connectivity index (χ0n) is 14.4. The van der Waals surface area contributed by atoms with Crippen molar-refractivity contribution in [3.05, 3.63) is 69.7 Å². The third-order valence-corrected chi connectivity index (χ3v) is 4.72. The minimum Gasteiger partial charge on any atom is -0.493 e. The minimum atomic E-state index is -0.230. The lowest BCUT2D eigenvalue weighted by Crippen LogP contribution is -2.23. The van der Waals surface area contributed by atoms with Crippen molar-refractivity contribution in [1.29, 1.82) is 0 Å². The molecule has 1 aromatic carbocycles. The Hall–Kier alpha value is -3.39. The molecule has 0 amide bonds. The number of furan rings is 1. The van der Waals surface area contributed by atoms with Gasteiger partial charge in [-0.2, -0.15) is 9.50 Å². The molecule has 3 aromatic heterocycles. The topological polar surface area (TPSA) is 78.9 Å². The van der Waals surface area contributed by atoms with Crippen molar-refractivity contribution < 1.29 is 13.9 Å². The lowest BCUT2D eigenvalue weighted by atomic mass is 10.2. The first-order valence-electron chi connectivity index (χ1n) is 8.06. The number of aromatic nitrogens is 3. The Labute approximate surface area is 157 Å². The van der Waals surface area contributed by atoms with E-state index in [1.54, 1.807) is 37.5 Å². The van der Waals surface area contributed by atoms with E-state index in [-0.39, 0.29) is 5.56 Å². The number of methoxy groups -OCH3 is 1. The number of nitrogens with zero attached hydrogens (tertiary/aromatic N) is 3. The van der Waals surface area contributed by atoms with Crippen LogP contribution in [0.3, 0.4) is 0 Å². The summed E-state index contributed by atoms with van der Waals surface area (Å²) in [5.41, 5.74) is 0.580. The van der Waals surface area contributed by atoms with Gasteiger partial charge in [-0.3, -0.25) is 4.79 Å². The first-order valence-corrected chi connectivity index (χ1v) is 8.88. The Morgan fingerprint density at radius 3 is 2.93 bits per heavy atom. The van der Waals surface area contributed by atoms with Crippen LogP contribution in [0.5, 0.6) is 11.5 Å². The first kappa shape index (κ1) is 17.0. The Bertz CT molecular complexity index is 1210. The zero-order chi connectivity index (χ0) is 18.8. The fraction of sp³-hybridized carbons (Fsp3) is 0.105. The molecule has 0 aliphatic carbocycles. The van der Waals surface area contributed by atoms with Crippen LogP contribution >= 0.6 is 11.3 Å². The fourth-order valence-corrected chi connectivity index (χ4v) is 3.44. The van der Waals surface area contributed by atoms with Crippen LogP contribution in [0, 0.1) is 0 Å². The van der Waals surface area contributed by atoms with E-state index in [0.717, 1.165) is 5.56 Å². The minimum absolute atomic E-state index is 0.230. The molecule has 0 unspecified atom stereocenters. The quantitative estimate of drug-likeness (QED) is 0.478. The molecule has 0 saturated heterocycles. The van der Waals surface area contributed by atoms with Gasteiger partial charge in [-0.15, -0.1) is 5.10 Å². The summed E-state index contributed by atoms with van der Waals surface area (Å²) in [6.45, 7) is 4.01. The Morgan fingerprint density at radius 1 is 1.33 bits per heavy atom. The second-order valence-corrected chi connectivity index (χ2v) is 6.54. The molecule has 0 fully saturated rings. The molecule has 3 heterocycles. The summed E-state index contributed by atoms with van der Waals surface area (Å²) in [5.74, 6) is 2.11. The molecule has 0 radical (unpaired) electrons. The number of fused-ring (bicyclic) bond motifs is 1. The van der Waals surface area contributed by atoms with Crippen molar-refractivity contribution in [2.75, 3.05) is 13.7 Å². The second kappa shape index (κ2) is 7.08. The van der Waals surface area contributed by atoms with Gasteiger partial charge >= 0.3 is 0 Å². The van der Waals surface area contributed by atoms with Gasteiger partial charge in [0, 0.05) is 0 Å². The number of rotatable bonds is 6. The van der Waals surface area contributed by atoms with E-state index >= 15 is 0 Å². The summed E-state index contributed by atoms with van der Waals surface area (Å²) in [5, 5.41) is 4.23. The van der Waals surface area contributed by atoms with Gasteiger partial charge in [-0.25, -0.2) is 0 Å². The van der Waals surface area contributed by atoms with Gasteiger partial charge in [0.2, 0.25) is 10.8 Å². The highest BCUT2D eigenvalue weighted by Crippen LogP contribution is 2.28. The summed E-state index contributed by atoms with van der Waals surface area (Å²) in [6.07, 6.45) is 4.97. The number of thiazole rings is 1. The van der Waals surface area contributed by atoms with Crippen LogP contribution in [0.15, 0.2) is 58.5 Å². The maximum absolute atomic E-state index is 12.6. The standard InChI is InChI=1S/C19H15N3O4S/c1-3-8-25-13-7-6-12(10-15(13)24-2)11-16-18(23)22-19(27-16)20-17(21-22)14-5-4-9-26-14/h3-7,9-11H,1,8H2,2H3/b16-11+. The number of hydrogen-bond acceptors (Lipinski definition) is 7. The number of hydrogen-bond donors (Lipinski definition) is 0. The van der Waals surface area contributed by atoms with E-state index in [0.29, 0.717) is 39.2 Å². The van der Waals surface area contributed by atoms with Crippen molar-refractivity contribution >= 4 is 22.4 Å². The van der Waals surface area contributed by atoms with Gasteiger partial charge in [0.05, 0.1) is 17.9 Å². The summed E-state index contributed by atoms with van der Waals surface area (Å²) >= 11 is 1.26. The largest absolute Gasteiger partial charge is 0.493 e. The molecule has 0 atom stereocenters. The molecule has 8 heteroatoms. The Balaban J connectivity index is 1.72. The number of benzene rings is 1. The molecule has 136 valence electrons. The summed E-state index contributed by atoms with van der Waals surface area (Å²) in [7, 11) is 1.57. The summed E-state index contributed by atoms with van der Waals surface area (Å²) < 4.78 is 18.0. The van der Waals surface area contributed by atoms with Gasteiger partial charge in [-0.05, 0) is 35.9 Å². The van der Waals surface area contributed by atoms with Crippen LogP contribution in [0.25, 0.3) is 22.6 Å². The van der Waals surface area contributed by atoms with Crippen LogP contribution in [0.4, 0.5) is 0 Å². The molecule has 7 nitrogen and oxygen atoms in total. The third-order valence-electron chi connectivity index (χ3n) is 3.77. The molecular formula is C19H15N3O4S. The van der Waals surface area contributed by atoms with E-state index in [2.05, 4.69) is 16.7 Å². The normalized spacial score (nSPS) is 11.8. The van der Waals surface area contributed by atoms with Crippen LogP contribution in [0.1, 0.15) is 5.56 Å². The van der Waals surface area contributed by atoms with E-state index in [9.17, 15) is 4.79 Å². The molecule has 4 aromatic rings. The van der Waals surface area contributed by atoms with Gasteiger partial charge in [0.25, 0.3) is 5.56 Å². The Kier molecular flexibility index (Phi) is 4.47. The smallest absolute Gasteiger partial charge is 0.291 e. The Morgan fingerprint density at radius 2 is 2.22 bits per heavy atom. The lowest BCUT2D eigenvalue weighted by molar-refractivity contribution is 0.326. The van der Waals surface area contributed by atoms with E-state index in [4.69, 9.17) is 13.9 Å². The van der Waals surface area contributed by atoms with Crippen molar-refractivity contribution in [3.8, 4) is 23.1 Å². The SMILES string of the molecule is C=CCOc1ccc(/C=c2/sc3nc(-c4ccco4)nn3c2=O)cc1OC. The predicted molar refractivity (Wildman–Crippen MR) is 102 cm³/mol. The van der Waals surface area contributed by atoms with Crippen molar-refractivity contribution in [2.45, 2.75) is 0 Å². The van der Waals surface area contributed by atoms with E-state index in [1.165, 1.54) is 22.1 Å². The van der Waals surface area contributed by atoms with Gasteiger partial charge in [0.1, 0.15) is 6.61 Å². The third kappa shape index (κ3) is 3.22. The first-order chi connectivity index (χ1) is 13.2. The molecule has 0 bridgehead atoms. The fourth-order valence-electron chi connectivity index (χ4n) is 2.54. The van der Waals surface area contributed by atoms with Crippen LogP contribution in [-0.4, -0.2) is 28.3 Å². The molecule has 4 rings (SSSR count). The summed E-state index contributed by atoms with van der Waals surface area (Å²) in [6, 6.07) is 8.95. The van der Waals surface area contributed by atoms with Crippen LogP contribution in [0.2, 0.25) is 0 Å². The molecule has 0 aliphatic heterocycles. The van der Waals surface area contributed by atoms with Gasteiger partial charge < -0.3 is 13.9 Å². The maximum Gasteiger partial charge on any atom is 0.291 e. The van der Waals surface area contributed by atoms with Gasteiger partial charge in [-0.1, -0.05) is 30.1 Å². The average Bonchev–Trinajstić information content (AvgIpc) is 3.39. The van der Waals surface area contributed by atoms with E-state index in [1.807, 2.05) is 12.1 Å². The van der Waals surface area contributed by atoms with Crippen LogP contribution < -0.4 is 19.6 Å². The highest BCUT2D eigenvalue weighted by Gasteiger charge is 2.13. The highest BCUT2D eigenvalue weighted by atomic mass is 32.1. The van der Waals surface area contributed by atoms with Crippen molar-refractivity contribution in [3.63, 3.8) is 0 Å². The monoisotopic (exact) mass is 381 g/mol. The predicted octanol–water partition coefficient (Wildman–Crippen LogP) is 2.53. The molecule has 0 N–H and O–H groups in total. The molecule has 0 spiro atoms. The summed E-state index contributed by atoms with van der Waals surface area (Å²) in [4.78, 5) is 17.5. The molecule has 0 saturated carbocycles. The van der Waals surface area contributed by atoms with Crippen molar-refractivity contribution in [1.82, 2.24) is 14.6 Å². The molecule has 0 aliphatic rings. The van der Waals surface area contributed by atoms with Gasteiger partial charge in [0.15, 0.2) is 17.3 Å². The maximum atomic E-state index is 12.6. The van der Waals surface area contributed by atoms with Crippen molar-refractivity contribution in [2.24, 2.45) is 0 Å². The average molecular weight is 381 g/mol. The second-order valence-electron chi connectivity index (χ2n) is 5.53. The van der Waals surface area contributed by atoms with E-state index < -0.39 is 0 Å². The zero-order valence-corrected chi connectivity index (χ0v) is 15.2. The highest BCUT2D eigenvalue weighted by molar-refractivity contribution is 7.15. The molecule has 27 heavy (non-hydrogen) atoms. The van der Waals surface area contributed by atoms with Crippen LogP contribution in [-0.2, 0) is 0 Å². The number of ether oxygens (including phenoxy) is 2. The molecular weight excluding hydrogens is 366 g/mol.